The summed E-state index contributed by atoms with van der Waals surface area (Å²) in [6, 6.07) is 7.47. The van der Waals surface area contributed by atoms with E-state index < -0.39 is 6.10 Å². The van der Waals surface area contributed by atoms with Crippen LogP contribution in [0.2, 0.25) is 0 Å². The second-order valence-corrected chi connectivity index (χ2v) is 4.44. The molecule has 3 aromatic heterocycles. The standard InChI is InChI=1S/C15H14N4O/c20-14(13-2-1-5-17-10-13)11-19-9-8-18-15(19)12-3-6-16-7-4-12/h1-10,14,20H,11H2. The fourth-order valence-electron chi connectivity index (χ4n) is 2.08. The maximum atomic E-state index is 10.3. The Morgan fingerprint density at radius 2 is 1.90 bits per heavy atom. The Kier molecular flexibility index (Phi) is 3.52. The second-order valence-electron chi connectivity index (χ2n) is 4.44. The predicted molar refractivity (Wildman–Crippen MR) is 74.7 cm³/mol. The minimum Gasteiger partial charge on any atom is -0.386 e. The molecule has 3 rings (SSSR count). The first-order valence-corrected chi connectivity index (χ1v) is 6.34. The summed E-state index contributed by atoms with van der Waals surface area (Å²) in [4.78, 5) is 12.4. The van der Waals surface area contributed by atoms with Crippen LogP contribution in [0.25, 0.3) is 11.4 Å². The minimum atomic E-state index is -0.613. The highest BCUT2D eigenvalue weighted by atomic mass is 16.3. The van der Waals surface area contributed by atoms with Crippen molar-refractivity contribution >= 4 is 0 Å². The Balaban J connectivity index is 1.84. The lowest BCUT2D eigenvalue weighted by atomic mass is 10.1. The summed E-state index contributed by atoms with van der Waals surface area (Å²) in [5.41, 5.74) is 1.77. The van der Waals surface area contributed by atoms with Gasteiger partial charge in [0.2, 0.25) is 0 Å². The number of aliphatic hydroxyl groups is 1. The van der Waals surface area contributed by atoms with Crippen molar-refractivity contribution in [3.63, 3.8) is 0 Å². The molecule has 0 fully saturated rings. The first-order chi connectivity index (χ1) is 9.84. The molecular formula is C15H14N4O. The Bertz CT molecular complexity index is 667. The number of hydrogen-bond acceptors (Lipinski definition) is 4. The summed E-state index contributed by atoms with van der Waals surface area (Å²) >= 11 is 0. The fraction of sp³-hybridized carbons (Fsp3) is 0.133. The molecule has 1 unspecified atom stereocenters. The van der Waals surface area contributed by atoms with E-state index in [9.17, 15) is 5.11 Å². The van der Waals surface area contributed by atoms with Gasteiger partial charge in [0.1, 0.15) is 5.82 Å². The van der Waals surface area contributed by atoms with Gasteiger partial charge in [0.15, 0.2) is 0 Å². The highest BCUT2D eigenvalue weighted by Gasteiger charge is 2.12. The third kappa shape index (κ3) is 2.57. The normalized spacial score (nSPS) is 12.2. The number of nitrogens with zero attached hydrogens (tertiary/aromatic N) is 4. The maximum Gasteiger partial charge on any atom is 0.140 e. The molecule has 0 amide bonds. The van der Waals surface area contributed by atoms with Gasteiger partial charge in [0, 0.05) is 48.3 Å². The van der Waals surface area contributed by atoms with Gasteiger partial charge in [-0.2, -0.15) is 0 Å². The molecule has 3 aromatic rings. The predicted octanol–water partition coefficient (Wildman–Crippen LogP) is 2.07. The van der Waals surface area contributed by atoms with Crippen LogP contribution < -0.4 is 0 Å². The Morgan fingerprint density at radius 1 is 1.05 bits per heavy atom. The Morgan fingerprint density at radius 3 is 2.65 bits per heavy atom. The topological polar surface area (TPSA) is 63.8 Å². The van der Waals surface area contributed by atoms with Crippen LogP contribution >= 0.6 is 0 Å². The SMILES string of the molecule is OC(Cn1ccnc1-c1ccncc1)c1cccnc1. The van der Waals surface area contributed by atoms with Gasteiger partial charge in [-0.1, -0.05) is 6.07 Å². The molecule has 1 atom stereocenters. The molecule has 5 heteroatoms. The minimum absolute atomic E-state index is 0.434. The molecule has 1 N–H and O–H groups in total. The zero-order valence-electron chi connectivity index (χ0n) is 10.8. The summed E-state index contributed by atoms with van der Waals surface area (Å²) in [7, 11) is 0. The van der Waals surface area contributed by atoms with Gasteiger partial charge in [-0.15, -0.1) is 0 Å². The van der Waals surface area contributed by atoms with Crippen LogP contribution in [0.3, 0.4) is 0 Å². The number of aromatic nitrogens is 4. The zero-order chi connectivity index (χ0) is 13.8. The van der Waals surface area contributed by atoms with E-state index in [0.29, 0.717) is 6.54 Å². The van der Waals surface area contributed by atoms with E-state index in [0.717, 1.165) is 17.0 Å². The van der Waals surface area contributed by atoms with Gasteiger partial charge in [-0.3, -0.25) is 9.97 Å². The number of imidazole rings is 1. The number of pyridine rings is 2. The van der Waals surface area contributed by atoms with Gasteiger partial charge in [0.25, 0.3) is 0 Å². The lowest BCUT2D eigenvalue weighted by Gasteiger charge is -2.13. The molecule has 0 spiro atoms. The third-order valence-corrected chi connectivity index (χ3v) is 3.09. The summed E-state index contributed by atoms with van der Waals surface area (Å²) in [5.74, 6) is 0.815. The smallest absolute Gasteiger partial charge is 0.140 e. The number of hydrogen-bond donors (Lipinski definition) is 1. The van der Waals surface area contributed by atoms with Crippen molar-refractivity contribution in [1.82, 2.24) is 19.5 Å². The summed E-state index contributed by atoms with van der Waals surface area (Å²) in [6.07, 6.45) is 9.79. The average molecular weight is 266 g/mol. The molecule has 3 heterocycles. The van der Waals surface area contributed by atoms with Crippen molar-refractivity contribution in [2.75, 3.05) is 0 Å². The summed E-state index contributed by atoms with van der Waals surface area (Å²) in [5, 5.41) is 10.3. The van der Waals surface area contributed by atoms with Crippen LogP contribution in [0.5, 0.6) is 0 Å². The molecule has 0 aromatic carbocycles. The maximum absolute atomic E-state index is 10.3. The molecule has 0 saturated heterocycles. The fourth-order valence-corrected chi connectivity index (χ4v) is 2.08. The average Bonchev–Trinajstić information content (AvgIpc) is 2.97. The molecule has 100 valence electrons. The monoisotopic (exact) mass is 266 g/mol. The third-order valence-electron chi connectivity index (χ3n) is 3.09. The van der Waals surface area contributed by atoms with Crippen LogP contribution in [0.4, 0.5) is 0 Å². The van der Waals surface area contributed by atoms with E-state index in [-0.39, 0.29) is 0 Å². The number of rotatable bonds is 4. The van der Waals surface area contributed by atoms with E-state index >= 15 is 0 Å². The molecule has 20 heavy (non-hydrogen) atoms. The highest BCUT2D eigenvalue weighted by molar-refractivity contribution is 5.54. The van der Waals surface area contributed by atoms with Gasteiger partial charge in [-0.05, 0) is 18.2 Å². The molecule has 0 aliphatic rings. The highest BCUT2D eigenvalue weighted by Crippen LogP contribution is 2.20. The van der Waals surface area contributed by atoms with Crippen molar-refractivity contribution in [3.05, 3.63) is 67.0 Å². The molecular weight excluding hydrogens is 252 g/mol. The summed E-state index contributed by atoms with van der Waals surface area (Å²) in [6.45, 7) is 0.434. The second kappa shape index (κ2) is 5.63. The molecule has 0 aliphatic carbocycles. The van der Waals surface area contributed by atoms with Crippen molar-refractivity contribution in [2.45, 2.75) is 12.6 Å². The van der Waals surface area contributed by atoms with E-state index in [1.54, 1.807) is 31.0 Å². The van der Waals surface area contributed by atoms with Crippen LogP contribution in [-0.2, 0) is 6.54 Å². The van der Waals surface area contributed by atoms with Crippen LogP contribution in [0.15, 0.2) is 61.4 Å². The molecule has 0 saturated carbocycles. The van der Waals surface area contributed by atoms with Crippen LogP contribution in [0, 0.1) is 0 Å². The van der Waals surface area contributed by atoms with Crippen molar-refractivity contribution in [1.29, 1.82) is 0 Å². The molecule has 0 bridgehead atoms. The lowest BCUT2D eigenvalue weighted by Crippen LogP contribution is -2.09. The largest absolute Gasteiger partial charge is 0.386 e. The van der Waals surface area contributed by atoms with Gasteiger partial charge < -0.3 is 9.67 Å². The quantitative estimate of drug-likeness (QED) is 0.785. The van der Waals surface area contributed by atoms with E-state index in [1.807, 2.05) is 35.0 Å². The number of aliphatic hydroxyl groups excluding tert-OH is 1. The Hall–Kier alpha value is -2.53. The molecule has 0 radical (unpaired) electrons. The van der Waals surface area contributed by atoms with Crippen molar-refractivity contribution in [3.8, 4) is 11.4 Å². The van der Waals surface area contributed by atoms with Crippen molar-refractivity contribution < 1.29 is 5.11 Å². The van der Waals surface area contributed by atoms with E-state index in [4.69, 9.17) is 0 Å². The van der Waals surface area contributed by atoms with Gasteiger partial charge in [0.05, 0.1) is 12.6 Å². The summed E-state index contributed by atoms with van der Waals surface area (Å²) < 4.78 is 1.92. The van der Waals surface area contributed by atoms with Gasteiger partial charge >= 0.3 is 0 Å². The van der Waals surface area contributed by atoms with Crippen LogP contribution in [-0.4, -0.2) is 24.6 Å². The first-order valence-electron chi connectivity index (χ1n) is 6.34. The molecule has 0 aliphatic heterocycles. The molecule has 5 nitrogen and oxygen atoms in total. The van der Waals surface area contributed by atoms with E-state index in [1.165, 1.54) is 0 Å². The van der Waals surface area contributed by atoms with E-state index in [2.05, 4.69) is 15.0 Å². The van der Waals surface area contributed by atoms with Crippen LogP contribution in [0.1, 0.15) is 11.7 Å². The lowest BCUT2D eigenvalue weighted by molar-refractivity contribution is 0.156. The zero-order valence-corrected chi connectivity index (χ0v) is 10.8. The first kappa shape index (κ1) is 12.5. The van der Waals surface area contributed by atoms with Gasteiger partial charge in [-0.25, -0.2) is 4.98 Å². The Labute approximate surface area is 116 Å². The van der Waals surface area contributed by atoms with Crippen molar-refractivity contribution in [2.24, 2.45) is 0 Å².